The van der Waals surface area contributed by atoms with Gasteiger partial charge in [0.15, 0.2) is 6.61 Å². The molecule has 0 radical (unpaired) electrons. The number of anilines is 1. The Morgan fingerprint density at radius 1 is 1.12 bits per heavy atom. The number of carbonyl (C=O) groups is 2. The third-order valence-electron chi connectivity index (χ3n) is 3.03. The molecule has 8 nitrogen and oxygen atoms in total. The quantitative estimate of drug-likeness (QED) is 0.770. The molecular formula is C16H16N2O6. The molecule has 24 heavy (non-hydrogen) atoms. The number of hydrogen-bond donors (Lipinski definition) is 2. The van der Waals surface area contributed by atoms with Crippen molar-refractivity contribution in [3.8, 4) is 11.5 Å². The number of pyridine rings is 1. The van der Waals surface area contributed by atoms with Gasteiger partial charge in [-0.05, 0) is 18.2 Å². The van der Waals surface area contributed by atoms with Crippen LogP contribution in [0.5, 0.6) is 11.5 Å². The molecule has 0 spiro atoms. The van der Waals surface area contributed by atoms with Gasteiger partial charge in [-0.1, -0.05) is 0 Å². The lowest BCUT2D eigenvalue weighted by Gasteiger charge is -2.12. The first-order valence-electron chi connectivity index (χ1n) is 6.91. The maximum atomic E-state index is 11.9. The number of carbonyl (C=O) groups excluding carboxylic acids is 2. The molecule has 1 heterocycles. The summed E-state index contributed by atoms with van der Waals surface area (Å²) in [6, 6.07) is 7.41. The zero-order chi connectivity index (χ0) is 17.5. The summed E-state index contributed by atoms with van der Waals surface area (Å²) >= 11 is 0. The zero-order valence-corrected chi connectivity index (χ0v) is 13.1. The van der Waals surface area contributed by atoms with Crippen LogP contribution in [-0.4, -0.2) is 37.7 Å². The second-order valence-corrected chi connectivity index (χ2v) is 4.63. The lowest BCUT2D eigenvalue weighted by atomic mass is 10.2. The molecule has 0 aliphatic heterocycles. The number of hydrogen-bond acceptors (Lipinski definition) is 6. The number of amides is 1. The van der Waals surface area contributed by atoms with E-state index < -0.39 is 18.5 Å². The van der Waals surface area contributed by atoms with Gasteiger partial charge in [-0.15, -0.1) is 0 Å². The van der Waals surface area contributed by atoms with Crippen LogP contribution in [0.25, 0.3) is 0 Å². The molecule has 0 unspecified atom stereocenters. The third kappa shape index (κ3) is 4.35. The van der Waals surface area contributed by atoms with Gasteiger partial charge in [0, 0.05) is 18.3 Å². The van der Waals surface area contributed by atoms with Gasteiger partial charge in [0.1, 0.15) is 11.5 Å². The molecule has 0 bridgehead atoms. The standard InChI is InChI=1S/C16H16N2O6/c1-22-11-4-5-13(23-2)12(7-11)18-15(20)9-24-16(21)10-3-6-14(19)17-8-10/h3-8H,9H2,1-2H3,(H,17,19)(H,18,20). The minimum absolute atomic E-state index is 0.140. The molecule has 0 fully saturated rings. The molecule has 8 heteroatoms. The highest BCUT2D eigenvalue weighted by molar-refractivity contribution is 5.96. The average molecular weight is 332 g/mol. The molecule has 2 rings (SSSR count). The summed E-state index contributed by atoms with van der Waals surface area (Å²) < 4.78 is 15.1. The predicted molar refractivity (Wildman–Crippen MR) is 85.5 cm³/mol. The van der Waals surface area contributed by atoms with E-state index in [1.54, 1.807) is 18.2 Å². The second-order valence-electron chi connectivity index (χ2n) is 4.63. The van der Waals surface area contributed by atoms with Gasteiger partial charge in [0.25, 0.3) is 5.91 Å². The van der Waals surface area contributed by atoms with Gasteiger partial charge in [-0.25, -0.2) is 4.79 Å². The summed E-state index contributed by atoms with van der Waals surface area (Å²) in [4.78, 5) is 37.0. The van der Waals surface area contributed by atoms with Crippen molar-refractivity contribution >= 4 is 17.6 Å². The Morgan fingerprint density at radius 3 is 2.54 bits per heavy atom. The molecule has 126 valence electrons. The van der Waals surface area contributed by atoms with Crippen LogP contribution < -0.4 is 20.3 Å². The van der Waals surface area contributed by atoms with Gasteiger partial charge in [0.05, 0.1) is 25.5 Å². The van der Waals surface area contributed by atoms with Crippen LogP contribution in [0.3, 0.4) is 0 Å². The van der Waals surface area contributed by atoms with Crippen molar-refractivity contribution < 1.29 is 23.8 Å². The summed E-state index contributed by atoms with van der Waals surface area (Å²) in [5.74, 6) is -0.286. The SMILES string of the molecule is COc1ccc(OC)c(NC(=O)COC(=O)c2ccc(=O)[nH]c2)c1. The Kier molecular flexibility index (Phi) is 5.56. The van der Waals surface area contributed by atoms with Crippen molar-refractivity contribution in [2.75, 3.05) is 26.1 Å². The maximum absolute atomic E-state index is 11.9. The van der Waals surface area contributed by atoms with Crippen molar-refractivity contribution in [3.05, 3.63) is 52.4 Å². The van der Waals surface area contributed by atoms with Crippen LogP contribution >= 0.6 is 0 Å². The Bertz CT molecular complexity index is 779. The Morgan fingerprint density at radius 2 is 1.92 bits per heavy atom. The van der Waals surface area contributed by atoms with Crippen molar-refractivity contribution in [1.82, 2.24) is 4.98 Å². The lowest BCUT2D eigenvalue weighted by Crippen LogP contribution is -2.21. The Hall–Kier alpha value is -3.29. The van der Waals surface area contributed by atoms with E-state index in [0.29, 0.717) is 17.2 Å². The number of aromatic nitrogens is 1. The third-order valence-corrected chi connectivity index (χ3v) is 3.03. The number of aromatic amines is 1. The van der Waals surface area contributed by atoms with Crippen molar-refractivity contribution in [2.24, 2.45) is 0 Å². The molecule has 0 aliphatic carbocycles. The highest BCUT2D eigenvalue weighted by Gasteiger charge is 2.13. The van der Waals surface area contributed by atoms with Crippen LogP contribution in [0.2, 0.25) is 0 Å². The second kappa shape index (κ2) is 7.82. The van der Waals surface area contributed by atoms with Crippen molar-refractivity contribution in [1.29, 1.82) is 0 Å². The predicted octanol–water partition coefficient (Wildman–Crippen LogP) is 1.19. The molecule has 0 aliphatic rings. The lowest BCUT2D eigenvalue weighted by molar-refractivity contribution is -0.119. The molecular weight excluding hydrogens is 316 g/mol. The van der Waals surface area contributed by atoms with Gasteiger partial charge >= 0.3 is 5.97 Å². The van der Waals surface area contributed by atoms with Gasteiger partial charge in [-0.3, -0.25) is 9.59 Å². The summed E-state index contributed by atoms with van der Waals surface area (Å²) in [6.45, 7) is -0.488. The highest BCUT2D eigenvalue weighted by Crippen LogP contribution is 2.28. The minimum atomic E-state index is -0.723. The maximum Gasteiger partial charge on any atom is 0.340 e. The normalized spacial score (nSPS) is 9.92. The number of benzene rings is 1. The van der Waals surface area contributed by atoms with Crippen LogP contribution in [0.4, 0.5) is 5.69 Å². The van der Waals surface area contributed by atoms with Gasteiger partial charge < -0.3 is 24.5 Å². The molecule has 1 aromatic carbocycles. The van der Waals surface area contributed by atoms with E-state index in [4.69, 9.17) is 14.2 Å². The molecule has 0 atom stereocenters. The van der Waals surface area contributed by atoms with E-state index in [1.807, 2.05) is 0 Å². The van der Waals surface area contributed by atoms with Crippen LogP contribution in [-0.2, 0) is 9.53 Å². The van der Waals surface area contributed by atoms with E-state index >= 15 is 0 Å². The van der Waals surface area contributed by atoms with Crippen LogP contribution in [0, 0.1) is 0 Å². The molecule has 2 aromatic rings. The fourth-order valence-corrected chi connectivity index (χ4v) is 1.85. The van der Waals surface area contributed by atoms with Crippen molar-refractivity contribution in [2.45, 2.75) is 0 Å². The first-order valence-corrected chi connectivity index (χ1v) is 6.91. The monoisotopic (exact) mass is 332 g/mol. The molecule has 0 saturated heterocycles. The van der Waals surface area contributed by atoms with Crippen LogP contribution in [0.15, 0.2) is 41.3 Å². The van der Waals surface area contributed by atoms with E-state index in [2.05, 4.69) is 10.3 Å². The number of ether oxygens (including phenoxy) is 3. The van der Waals surface area contributed by atoms with E-state index in [0.717, 1.165) is 0 Å². The van der Waals surface area contributed by atoms with E-state index in [-0.39, 0.29) is 11.1 Å². The first kappa shape index (κ1) is 17.1. The molecule has 2 N–H and O–H groups in total. The van der Waals surface area contributed by atoms with Crippen molar-refractivity contribution in [3.63, 3.8) is 0 Å². The summed E-state index contributed by atoms with van der Waals surface area (Å²) in [6.07, 6.45) is 1.22. The summed E-state index contributed by atoms with van der Waals surface area (Å²) in [5.41, 5.74) is 0.192. The minimum Gasteiger partial charge on any atom is -0.497 e. The number of H-pyrrole nitrogens is 1. The van der Waals surface area contributed by atoms with Gasteiger partial charge in [-0.2, -0.15) is 0 Å². The fourth-order valence-electron chi connectivity index (χ4n) is 1.85. The van der Waals surface area contributed by atoms with E-state index in [9.17, 15) is 14.4 Å². The fraction of sp³-hybridized carbons (Fsp3) is 0.188. The number of esters is 1. The largest absolute Gasteiger partial charge is 0.497 e. The first-order chi connectivity index (χ1) is 11.5. The van der Waals surface area contributed by atoms with E-state index in [1.165, 1.54) is 32.5 Å². The molecule has 1 amide bonds. The highest BCUT2D eigenvalue weighted by atomic mass is 16.5. The number of rotatable bonds is 6. The topological polar surface area (TPSA) is 107 Å². The Balaban J connectivity index is 1.97. The smallest absolute Gasteiger partial charge is 0.340 e. The molecule has 0 saturated carbocycles. The molecule has 1 aromatic heterocycles. The van der Waals surface area contributed by atoms with Crippen LogP contribution in [0.1, 0.15) is 10.4 Å². The summed E-state index contributed by atoms with van der Waals surface area (Å²) in [5, 5.41) is 2.57. The zero-order valence-electron chi connectivity index (χ0n) is 13.1. The number of nitrogens with one attached hydrogen (secondary N) is 2. The average Bonchev–Trinajstić information content (AvgIpc) is 2.60. The summed E-state index contributed by atoms with van der Waals surface area (Å²) in [7, 11) is 2.97. The number of methoxy groups -OCH3 is 2. The Labute approximate surface area is 137 Å². The van der Waals surface area contributed by atoms with Gasteiger partial charge in [0.2, 0.25) is 5.56 Å².